The average molecular weight is 248 g/mol. The molecule has 0 atom stereocenters. The summed E-state index contributed by atoms with van der Waals surface area (Å²) in [4.78, 5) is 0. The molecule has 0 heteroatoms. The van der Waals surface area contributed by atoms with Gasteiger partial charge in [0.25, 0.3) is 0 Å². The first kappa shape index (κ1) is 12.2. The average Bonchev–Trinajstić information content (AvgIpc) is 3.01. The number of benzene rings is 2. The zero-order valence-corrected chi connectivity index (χ0v) is 11.3. The molecule has 2 aromatic carbocycles. The second-order valence-electron chi connectivity index (χ2n) is 5.36. The van der Waals surface area contributed by atoms with Crippen LogP contribution in [0.2, 0.25) is 0 Å². The van der Waals surface area contributed by atoms with Crippen LogP contribution in [0.25, 0.3) is 11.6 Å². The van der Waals surface area contributed by atoms with E-state index < -0.39 is 0 Å². The Balaban J connectivity index is 1.99. The molecule has 0 aromatic heterocycles. The van der Waals surface area contributed by atoms with E-state index in [1.807, 2.05) is 0 Å². The summed E-state index contributed by atoms with van der Waals surface area (Å²) < 4.78 is 0. The molecule has 3 rings (SSSR count). The summed E-state index contributed by atoms with van der Waals surface area (Å²) in [6, 6.07) is 21.6. The largest absolute Gasteiger partial charge is 0.0622 e. The summed E-state index contributed by atoms with van der Waals surface area (Å²) in [6.07, 6.45) is 7.82. The highest BCUT2D eigenvalue weighted by Crippen LogP contribution is 2.37. The number of hydrogen-bond acceptors (Lipinski definition) is 0. The van der Waals surface area contributed by atoms with E-state index in [-0.39, 0.29) is 0 Å². The van der Waals surface area contributed by atoms with E-state index in [0.717, 1.165) is 5.92 Å². The molecule has 0 nitrogen and oxygen atoms in total. The van der Waals surface area contributed by atoms with Gasteiger partial charge in [0.15, 0.2) is 0 Å². The first-order valence-electron chi connectivity index (χ1n) is 7.25. The van der Waals surface area contributed by atoms with Crippen LogP contribution in [-0.2, 0) is 0 Å². The molecule has 0 spiro atoms. The van der Waals surface area contributed by atoms with E-state index in [1.54, 1.807) is 0 Å². The molecule has 1 aliphatic rings. The van der Waals surface area contributed by atoms with Crippen LogP contribution in [0, 0.1) is 5.92 Å². The van der Waals surface area contributed by atoms with Gasteiger partial charge in [-0.1, -0.05) is 79.6 Å². The van der Waals surface area contributed by atoms with Crippen molar-refractivity contribution in [1.29, 1.82) is 0 Å². The van der Waals surface area contributed by atoms with Gasteiger partial charge in [0.1, 0.15) is 0 Å². The third-order valence-electron chi connectivity index (χ3n) is 4.02. The normalized spacial score (nSPS) is 16.7. The SMILES string of the molecule is C(=C(c1ccccc1)C1CCCC1)c1ccccc1. The van der Waals surface area contributed by atoms with Gasteiger partial charge in [-0.05, 0) is 35.5 Å². The van der Waals surface area contributed by atoms with Gasteiger partial charge >= 0.3 is 0 Å². The fourth-order valence-corrected chi connectivity index (χ4v) is 3.03. The van der Waals surface area contributed by atoms with Gasteiger partial charge in [0.05, 0.1) is 0 Å². The van der Waals surface area contributed by atoms with E-state index >= 15 is 0 Å². The summed E-state index contributed by atoms with van der Waals surface area (Å²) in [5.74, 6) is 0.739. The van der Waals surface area contributed by atoms with Gasteiger partial charge in [0.2, 0.25) is 0 Å². The second-order valence-corrected chi connectivity index (χ2v) is 5.36. The number of hydrogen-bond donors (Lipinski definition) is 0. The van der Waals surface area contributed by atoms with Crippen LogP contribution in [-0.4, -0.2) is 0 Å². The van der Waals surface area contributed by atoms with E-state index in [0.29, 0.717) is 0 Å². The molecule has 0 aliphatic heterocycles. The van der Waals surface area contributed by atoms with Crippen LogP contribution in [0.5, 0.6) is 0 Å². The van der Waals surface area contributed by atoms with Crippen LogP contribution >= 0.6 is 0 Å². The molecular formula is C19H20. The van der Waals surface area contributed by atoms with Gasteiger partial charge in [-0.2, -0.15) is 0 Å². The number of rotatable bonds is 3. The maximum Gasteiger partial charge on any atom is -0.0156 e. The van der Waals surface area contributed by atoms with E-state index in [1.165, 1.54) is 42.4 Å². The Bertz CT molecular complexity index is 531. The Morgan fingerprint density at radius 3 is 2.00 bits per heavy atom. The van der Waals surface area contributed by atoms with Crippen molar-refractivity contribution in [1.82, 2.24) is 0 Å². The molecule has 1 saturated carbocycles. The number of allylic oxidation sites excluding steroid dienone is 1. The van der Waals surface area contributed by atoms with Gasteiger partial charge in [-0.3, -0.25) is 0 Å². The molecule has 0 unspecified atom stereocenters. The minimum atomic E-state index is 0.739. The molecule has 96 valence electrons. The minimum Gasteiger partial charge on any atom is -0.0622 e. The van der Waals surface area contributed by atoms with Gasteiger partial charge in [0, 0.05) is 0 Å². The molecule has 19 heavy (non-hydrogen) atoms. The molecule has 1 aliphatic carbocycles. The second kappa shape index (κ2) is 5.88. The fourth-order valence-electron chi connectivity index (χ4n) is 3.03. The highest BCUT2D eigenvalue weighted by atomic mass is 14.2. The molecule has 0 saturated heterocycles. The molecule has 0 radical (unpaired) electrons. The molecule has 1 fully saturated rings. The highest BCUT2D eigenvalue weighted by molar-refractivity contribution is 5.82. The first-order valence-corrected chi connectivity index (χ1v) is 7.25. The van der Waals surface area contributed by atoms with Crippen LogP contribution < -0.4 is 0 Å². The summed E-state index contributed by atoms with van der Waals surface area (Å²) in [6.45, 7) is 0. The molecule has 0 N–H and O–H groups in total. The van der Waals surface area contributed by atoms with Crippen LogP contribution in [0.15, 0.2) is 60.7 Å². The van der Waals surface area contributed by atoms with Crippen LogP contribution in [0.1, 0.15) is 36.8 Å². The fraction of sp³-hybridized carbons (Fsp3) is 0.263. The topological polar surface area (TPSA) is 0 Å². The standard InChI is InChI=1S/C19H20/c1-3-9-16(10-4-1)15-19(18-13-7-8-14-18)17-11-5-2-6-12-17/h1-6,9-12,15,18H,7-8,13-14H2. The van der Waals surface area contributed by atoms with Crippen LogP contribution in [0.4, 0.5) is 0 Å². The zero-order valence-electron chi connectivity index (χ0n) is 11.3. The van der Waals surface area contributed by atoms with Crippen molar-refractivity contribution in [2.45, 2.75) is 25.7 Å². The van der Waals surface area contributed by atoms with Crippen molar-refractivity contribution in [3.8, 4) is 0 Å². The molecule has 0 heterocycles. The molecule has 0 amide bonds. The lowest BCUT2D eigenvalue weighted by atomic mass is 9.89. The highest BCUT2D eigenvalue weighted by Gasteiger charge is 2.20. The minimum absolute atomic E-state index is 0.739. The zero-order chi connectivity index (χ0) is 12.9. The maximum absolute atomic E-state index is 2.38. The van der Waals surface area contributed by atoms with Crippen LogP contribution in [0.3, 0.4) is 0 Å². The van der Waals surface area contributed by atoms with Crippen molar-refractivity contribution in [2.24, 2.45) is 5.92 Å². The molecule has 2 aromatic rings. The third-order valence-corrected chi connectivity index (χ3v) is 4.02. The summed E-state index contributed by atoms with van der Waals surface area (Å²) in [5, 5.41) is 0. The summed E-state index contributed by atoms with van der Waals surface area (Å²) in [5.41, 5.74) is 4.22. The lowest BCUT2D eigenvalue weighted by Crippen LogP contribution is -1.98. The first-order chi connectivity index (χ1) is 9.43. The van der Waals surface area contributed by atoms with E-state index in [2.05, 4.69) is 66.7 Å². The Hall–Kier alpha value is -1.82. The van der Waals surface area contributed by atoms with Crippen molar-refractivity contribution >= 4 is 11.6 Å². The van der Waals surface area contributed by atoms with Crippen molar-refractivity contribution < 1.29 is 0 Å². The van der Waals surface area contributed by atoms with Gasteiger partial charge in [-0.15, -0.1) is 0 Å². The van der Waals surface area contributed by atoms with Crippen molar-refractivity contribution in [3.05, 3.63) is 71.8 Å². The Morgan fingerprint density at radius 1 is 0.789 bits per heavy atom. The maximum atomic E-state index is 2.38. The summed E-state index contributed by atoms with van der Waals surface area (Å²) in [7, 11) is 0. The van der Waals surface area contributed by atoms with Gasteiger partial charge < -0.3 is 0 Å². The predicted octanol–water partition coefficient (Wildman–Crippen LogP) is 5.42. The quantitative estimate of drug-likeness (QED) is 0.636. The lowest BCUT2D eigenvalue weighted by molar-refractivity contribution is 0.708. The van der Waals surface area contributed by atoms with Gasteiger partial charge in [-0.25, -0.2) is 0 Å². The Morgan fingerprint density at radius 2 is 1.37 bits per heavy atom. The summed E-state index contributed by atoms with van der Waals surface area (Å²) >= 11 is 0. The smallest absolute Gasteiger partial charge is 0.0156 e. The van der Waals surface area contributed by atoms with Crippen molar-refractivity contribution in [2.75, 3.05) is 0 Å². The monoisotopic (exact) mass is 248 g/mol. The van der Waals surface area contributed by atoms with Crippen molar-refractivity contribution in [3.63, 3.8) is 0 Å². The van der Waals surface area contributed by atoms with E-state index in [9.17, 15) is 0 Å². The Labute approximate surface area is 115 Å². The predicted molar refractivity (Wildman–Crippen MR) is 82.7 cm³/mol. The Kier molecular flexibility index (Phi) is 3.78. The molecular weight excluding hydrogens is 228 g/mol. The van der Waals surface area contributed by atoms with E-state index in [4.69, 9.17) is 0 Å². The third kappa shape index (κ3) is 2.96. The molecule has 0 bridgehead atoms. The lowest BCUT2D eigenvalue weighted by Gasteiger charge is -2.15.